The first kappa shape index (κ1) is 17.3. The Bertz CT molecular complexity index is 831. The lowest BCUT2D eigenvalue weighted by molar-refractivity contribution is -0.123. The van der Waals surface area contributed by atoms with E-state index in [4.69, 9.17) is 10.00 Å². The molecular formula is C16H12BrN3O4. The molecule has 8 heteroatoms. The number of carbonyl (C=O) groups excluding carboxylic acids is 1. The van der Waals surface area contributed by atoms with E-state index in [9.17, 15) is 15.0 Å². The van der Waals surface area contributed by atoms with Gasteiger partial charge < -0.3 is 14.9 Å². The second-order valence-corrected chi connectivity index (χ2v) is 5.49. The highest BCUT2D eigenvalue weighted by Crippen LogP contribution is 2.22. The summed E-state index contributed by atoms with van der Waals surface area (Å²) in [6.45, 7) is -0.324. The lowest BCUT2D eigenvalue weighted by Gasteiger charge is -2.07. The van der Waals surface area contributed by atoms with Gasteiger partial charge in [0, 0.05) is 16.1 Å². The molecule has 122 valence electrons. The number of nitrogens with one attached hydrogen (secondary N) is 1. The van der Waals surface area contributed by atoms with E-state index in [1.54, 1.807) is 18.2 Å². The average molecular weight is 390 g/mol. The van der Waals surface area contributed by atoms with Crippen molar-refractivity contribution in [1.82, 2.24) is 5.43 Å². The van der Waals surface area contributed by atoms with E-state index in [2.05, 4.69) is 26.5 Å². The van der Waals surface area contributed by atoms with Gasteiger partial charge in [-0.1, -0.05) is 15.9 Å². The zero-order chi connectivity index (χ0) is 17.5. The first-order valence-electron chi connectivity index (χ1n) is 6.66. The van der Waals surface area contributed by atoms with Crippen molar-refractivity contribution in [2.24, 2.45) is 5.10 Å². The number of phenols is 2. The maximum Gasteiger partial charge on any atom is 0.277 e. The maximum absolute atomic E-state index is 11.7. The van der Waals surface area contributed by atoms with Crippen molar-refractivity contribution in [3.63, 3.8) is 0 Å². The van der Waals surface area contributed by atoms with Gasteiger partial charge in [-0.3, -0.25) is 4.79 Å². The Morgan fingerprint density at radius 1 is 1.33 bits per heavy atom. The number of carbonyl (C=O) groups is 1. The first-order chi connectivity index (χ1) is 11.5. The number of benzene rings is 2. The second-order valence-electron chi connectivity index (χ2n) is 4.58. The standard InChI is InChI=1S/C16H12BrN3O4/c17-12-2-4-15(11(5-12)7-18)24-9-16(23)20-19-8-10-1-3-13(21)6-14(10)22/h1-6,8,21-22H,9H2,(H,20,23)/b19-8-. The number of hydrogen-bond donors (Lipinski definition) is 3. The molecular weight excluding hydrogens is 378 g/mol. The molecule has 24 heavy (non-hydrogen) atoms. The van der Waals surface area contributed by atoms with Gasteiger partial charge in [-0.2, -0.15) is 10.4 Å². The molecule has 3 N–H and O–H groups in total. The summed E-state index contributed by atoms with van der Waals surface area (Å²) in [6, 6.07) is 10.8. The maximum atomic E-state index is 11.7. The van der Waals surface area contributed by atoms with Gasteiger partial charge in [-0.05, 0) is 30.3 Å². The molecule has 0 aromatic heterocycles. The van der Waals surface area contributed by atoms with Crippen LogP contribution in [0.15, 0.2) is 46.0 Å². The number of nitriles is 1. The van der Waals surface area contributed by atoms with Crippen LogP contribution in [0.5, 0.6) is 17.2 Å². The molecule has 0 saturated heterocycles. The molecule has 0 aliphatic rings. The highest BCUT2D eigenvalue weighted by atomic mass is 79.9. The van der Waals surface area contributed by atoms with E-state index >= 15 is 0 Å². The lowest BCUT2D eigenvalue weighted by atomic mass is 10.2. The van der Waals surface area contributed by atoms with Crippen LogP contribution in [-0.4, -0.2) is 28.9 Å². The molecule has 7 nitrogen and oxygen atoms in total. The molecule has 0 bridgehead atoms. The monoisotopic (exact) mass is 389 g/mol. The Balaban J connectivity index is 1.90. The van der Waals surface area contributed by atoms with Crippen molar-refractivity contribution in [1.29, 1.82) is 5.26 Å². The summed E-state index contributed by atoms with van der Waals surface area (Å²) in [7, 11) is 0. The minimum atomic E-state index is -0.531. The normalized spacial score (nSPS) is 10.3. The highest BCUT2D eigenvalue weighted by Gasteiger charge is 2.07. The Morgan fingerprint density at radius 3 is 2.83 bits per heavy atom. The number of nitrogens with zero attached hydrogens (tertiary/aromatic N) is 2. The van der Waals surface area contributed by atoms with Crippen LogP contribution in [0.2, 0.25) is 0 Å². The largest absolute Gasteiger partial charge is 0.508 e. The van der Waals surface area contributed by atoms with E-state index in [-0.39, 0.29) is 23.9 Å². The predicted molar refractivity (Wildman–Crippen MR) is 89.9 cm³/mol. The van der Waals surface area contributed by atoms with Crippen molar-refractivity contribution in [2.45, 2.75) is 0 Å². The SMILES string of the molecule is N#Cc1cc(Br)ccc1OCC(=O)N/N=C\c1ccc(O)cc1O. The van der Waals surface area contributed by atoms with Crippen LogP contribution in [0.1, 0.15) is 11.1 Å². The van der Waals surface area contributed by atoms with Crippen molar-refractivity contribution in [3.8, 4) is 23.3 Å². The molecule has 0 aliphatic heterocycles. The zero-order valence-corrected chi connectivity index (χ0v) is 13.8. The van der Waals surface area contributed by atoms with E-state index in [0.717, 1.165) is 10.5 Å². The van der Waals surface area contributed by atoms with Gasteiger partial charge in [-0.15, -0.1) is 0 Å². The van der Waals surface area contributed by atoms with Crippen LogP contribution in [0.3, 0.4) is 0 Å². The quantitative estimate of drug-likeness (QED) is 0.535. The third-order valence-corrected chi connectivity index (χ3v) is 3.32. The fourth-order valence-electron chi connectivity index (χ4n) is 1.71. The van der Waals surface area contributed by atoms with Gasteiger partial charge in [0.1, 0.15) is 23.3 Å². The fourth-order valence-corrected chi connectivity index (χ4v) is 2.07. The van der Waals surface area contributed by atoms with Crippen LogP contribution >= 0.6 is 15.9 Å². The predicted octanol–water partition coefficient (Wildman–Crippen LogP) is 2.26. The summed E-state index contributed by atoms with van der Waals surface area (Å²) in [5, 5.41) is 31.4. The number of phenolic OH excluding ortho intramolecular Hbond substituents is 2. The molecule has 0 saturated carbocycles. The van der Waals surface area contributed by atoms with Crippen LogP contribution < -0.4 is 10.2 Å². The molecule has 0 radical (unpaired) electrons. The van der Waals surface area contributed by atoms with Crippen molar-refractivity contribution < 1.29 is 19.7 Å². The summed E-state index contributed by atoms with van der Waals surface area (Å²) in [5.74, 6) is -0.491. The summed E-state index contributed by atoms with van der Waals surface area (Å²) in [5.41, 5.74) is 2.86. The van der Waals surface area contributed by atoms with Gasteiger partial charge in [-0.25, -0.2) is 5.43 Å². The molecule has 2 rings (SSSR count). The number of hydrogen-bond acceptors (Lipinski definition) is 6. The summed E-state index contributed by atoms with van der Waals surface area (Å²) in [4.78, 5) is 11.7. The third kappa shape index (κ3) is 4.72. The number of rotatable bonds is 5. The molecule has 0 atom stereocenters. The molecule has 1 amide bonds. The van der Waals surface area contributed by atoms with Crippen LogP contribution in [0.4, 0.5) is 0 Å². The summed E-state index contributed by atoms with van der Waals surface area (Å²) >= 11 is 3.24. The smallest absolute Gasteiger partial charge is 0.277 e. The minimum Gasteiger partial charge on any atom is -0.508 e. The van der Waals surface area contributed by atoms with Gasteiger partial charge in [0.25, 0.3) is 5.91 Å². The van der Waals surface area contributed by atoms with E-state index in [1.807, 2.05) is 6.07 Å². The number of hydrazone groups is 1. The Kier molecular flexibility index (Phi) is 5.76. The lowest BCUT2D eigenvalue weighted by Crippen LogP contribution is -2.24. The van der Waals surface area contributed by atoms with Gasteiger partial charge in [0.05, 0.1) is 11.8 Å². The van der Waals surface area contributed by atoms with Gasteiger partial charge >= 0.3 is 0 Å². The van der Waals surface area contributed by atoms with Crippen molar-refractivity contribution in [3.05, 3.63) is 52.0 Å². The van der Waals surface area contributed by atoms with Gasteiger partial charge in [0.15, 0.2) is 6.61 Å². The molecule has 0 heterocycles. The highest BCUT2D eigenvalue weighted by molar-refractivity contribution is 9.10. The third-order valence-electron chi connectivity index (χ3n) is 2.83. The Hall–Kier alpha value is -3.05. The zero-order valence-electron chi connectivity index (χ0n) is 12.2. The fraction of sp³-hybridized carbons (Fsp3) is 0.0625. The van der Waals surface area contributed by atoms with Crippen LogP contribution in [0, 0.1) is 11.3 Å². The van der Waals surface area contributed by atoms with Crippen molar-refractivity contribution >= 4 is 28.1 Å². The van der Waals surface area contributed by atoms with Crippen molar-refractivity contribution in [2.75, 3.05) is 6.61 Å². The average Bonchev–Trinajstić information content (AvgIpc) is 2.55. The number of ether oxygens (including phenoxy) is 1. The number of halogens is 1. The summed E-state index contributed by atoms with van der Waals surface area (Å²) < 4.78 is 6.01. The van der Waals surface area contributed by atoms with E-state index in [1.165, 1.54) is 18.3 Å². The summed E-state index contributed by atoms with van der Waals surface area (Å²) in [6.07, 6.45) is 1.23. The number of amides is 1. The molecule has 2 aromatic rings. The topological polar surface area (TPSA) is 115 Å². The Morgan fingerprint density at radius 2 is 2.12 bits per heavy atom. The molecule has 0 spiro atoms. The van der Waals surface area contributed by atoms with E-state index < -0.39 is 5.91 Å². The molecule has 2 aromatic carbocycles. The molecule has 0 unspecified atom stereocenters. The van der Waals surface area contributed by atoms with Gasteiger partial charge in [0.2, 0.25) is 0 Å². The molecule has 0 fully saturated rings. The van der Waals surface area contributed by atoms with Crippen LogP contribution in [0.25, 0.3) is 0 Å². The van der Waals surface area contributed by atoms with E-state index in [0.29, 0.717) is 11.1 Å². The Labute approximate surface area is 145 Å². The van der Waals surface area contributed by atoms with Crippen LogP contribution in [-0.2, 0) is 4.79 Å². The first-order valence-corrected chi connectivity index (χ1v) is 7.45. The second kappa shape index (κ2) is 7.99. The minimum absolute atomic E-state index is 0.0788. The number of aromatic hydroxyl groups is 2. The molecule has 0 aliphatic carbocycles.